The van der Waals surface area contributed by atoms with Gasteiger partial charge < -0.3 is 20.2 Å². The van der Waals surface area contributed by atoms with Crippen molar-refractivity contribution < 1.29 is 17.6 Å². The van der Waals surface area contributed by atoms with Crippen molar-refractivity contribution in [3.63, 3.8) is 0 Å². The Morgan fingerprint density at radius 1 is 1.09 bits per heavy atom. The molecule has 1 unspecified atom stereocenters. The summed E-state index contributed by atoms with van der Waals surface area (Å²) in [5.41, 5.74) is 10.8. The molecule has 5 aromatic heterocycles. The molecule has 1 aliphatic carbocycles. The molecule has 0 aromatic carbocycles. The molecule has 7 heterocycles. The minimum atomic E-state index is -3.69. The van der Waals surface area contributed by atoms with Gasteiger partial charge in [0.05, 0.1) is 38.3 Å². The van der Waals surface area contributed by atoms with E-state index < -0.39 is 9.84 Å². The monoisotopic (exact) mass is 671 g/mol. The van der Waals surface area contributed by atoms with Crippen LogP contribution in [0.2, 0.25) is 0 Å². The Morgan fingerprint density at radius 3 is 2.72 bits per heavy atom. The summed E-state index contributed by atoms with van der Waals surface area (Å²) in [7, 11) is -3.69. The van der Waals surface area contributed by atoms with E-state index in [0.29, 0.717) is 29.2 Å². The van der Waals surface area contributed by atoms with E-state index in [4.69, 9.17) is 24.9 Å². The lowest BCUT2D eigenvalue weighted by Crippen LogP contribution is -2.17. The van der Waals surface area contributed by atoms with E-state index in [-0.39, 0.29) is 40.4 Å². The smallest absolute Gasteiger partial charge is 0.313 e. The molecule has 0 spiro atoms. The van der Waals surface area contributed by atoms with Crippen LogP contribution in [0.1, 0.15) is 74.1 Å². The molecular formula is C34H37N7O4S2. The summed E-state index contributed by atoms with van der Waals surface area (Å²) in [6.07, 6.45) is 8.98. The van der Waals surface area contributed by atoms with Gasteiger partial charge in [-0.25, -0.2) is 13.4 Å². The number of nitrogens with two attached hydrogens (primary N) is 1. The Labute approximate surface area is 277 Å². The van der Waals surface area contributed by atoms with Gasteiger partial charge in [0.1, 0.15) is 5.82 Å². The third kappa shape index (κ3) is 5.47. The molecule has 0 saturated carbocycles. The average Bonchev–Trinajstić information content (AvgIpc) is 3.85. The Balaban J connectivity index is 1.31. The molecule has 13 heteroatoms. The van der Waals surface area contributed by atoms with Crippen LogP contribution in [0.5, 0.6) is 0 Å². The van der Waals surface area contributed by atoms with Crippen molar-refractivity contribution in [1.29, 1.82) is 0 Å². The first kappa shape index (κ1) is 30.4. The largest absolute Gasteiger partial charge is 0.403 e. The van der Waals surface area contributed by atoms with E-state index in [1.54, 1.807) is 6.20 Å². The van der Waals surface area contributed by atoms with Gasteiger partial charge >= 0.3 is 6.01 Å². The molecule has 5 aromatic rings. The van der Waals surface area contributed by atoms with Gasteiger partial charge in [-0.15, -0.1) is 16.4 Å². The number of nitrogens with zero attached hydrogens (tertiary/aromatic N) is 5. The lowest BCUT2D eigenvalue weighted by Gasteiger charge is -2.23. The number of sulfone groups is 1. The lowest BCUT2D eigenvalue weighted by atomic mass is 9.89. The number of nitrogen functional groups attached to an aromatic ring is 1. The van der Waals surface area contributed by atoms with Gasteiger partial charge in [-0.1, -0.05) is 25.0 Å². The minimum Gasteiger partial charge on any atom is -0.403 e. The van der Waals surface area contributed by atoms with Gasteiger partial charge in [-0.05, 0) is 79.5 Å². The van der Waals surface area contributed by atoms with Crippen molar-refractivity contribution in [2.24, 2.45) is 11.8 Å². The maximum Gasteiger partial charge on any atom is 0.313 e. The number of aromatic nitrogens is 5. The van der Waals surface area contributed by atoms with Crippen LogP contribution in [0.4, 0.5) is 11.8 Å². The second-order valence-corrected chi connectivity index (χ2v) is 16.2. The fourth-order valence-corrected chi connectivity index (χ4v) is 10.8. The molecule has 47 heavy (non-hydrogen) atoms. The predicted molar refractivity (Wildman–Crippen MR) is 181 cm³/mol. The Hall–Kier alpha value is -3.94. The van der Waals surface area contributed by atoms with Crippen LogP contribution in [0.3, 0.4) is 0 Å². The van der Waals surface area contributed by atoms with Crippen LogP contribution in [0.15, 0.2) is 46.0 Å². The van der Waals surface area contributed by atoms with Crippen molar-refractivity contribution in [3.05, 3.63) is 59.3 Å². The van der Waals surface area contributed by atoms with E-state index in [1.807, 2.05) is 18.3 Å². The number of nitrogens with one attached hydrogen (secondary N) is 1. The number of pyridine rings is 3. The second-order valence-electron chi connectivity index (χ2n) is 13.2. The zero-order valence-electron chi connectivity index (χ0n) is 26.4. The van der Waals surface area contributed by atoms with Crippen LogP contribution in [0, 0.1) is 11.8 Å². The van der Waals surface area contributed by atoms with Gasteiger partial charge in [0.25, 0.3) is 5.89 Å². The first-order chi connectivity index (χ1) is 22.8. The van der Waals surface area contributed by atoms with Crippen molar-refractivity contribution in [1.82, 2.24) is 25.1 Å². The summed E-state index contributed by atoms with van der Waals surface area (Å²) in [6, 6.07) is 8.12. The van der Waals surface area contributed by atoms with Crippen LogP contribution >= 0.6 is 11.3 Å². The average molecular weight is 672 g/mol. The Morgan fingerprint density at radius 2 is 1.94 bits per heavy atom. The zero-order valence-corrected chi connectivity index (χ0v) is 28.0. The summed E-state index contributed by atoms with van der Waals surface area (Å²) in [6.45, 7) is 5.63. The number of anilines is 2. The standard InChI is InChI=1S/C34H37N7O4S2/c1-18(2)22-17-47(42,43)31-28(27(33-40-41-34(35)45-33)25(38-29(22)31)6-5-19-10-14-44-15-11-19)26-16-20-9-13-37-32(30(20)46-26)39-24-8-7-23-21(24)4-3-12-36-23/h3-4,9,12-13,16,18-19,22,24H,5-8,10-11,14-15,17H2,1-2H3,(H2,35,41)(H,37,39)/t22?,24-/m0/s1. The number of hydrogen-bond acceptors (Lipinski definition) is 12. The highest BCUT2D eigenvalue weighted by Gasteiger charge is 2.43. The van der Waals surface area contributed by atoms with Gasteiger partial charge in [-0.2, -0.15) is 0 Å². The highest BCUT2D eigenvalue weighted by atomic mass is 32.2. The number of aryl methyl sites for hydroxylation is 2. The highest BCUT2D eigenvalue weighted by molar-refractivity contribution is 7.92. The first-order valence-electron chi connectivity index (χ1n) is 16.3. The molecule has 1 saturated heterocycles. The molecule has 3 aliphatic rings. The van der Waals surface area contributed by atoms with Crippen LogP contribution in [-0.2, 0) is 27.4 Å². The topological polar surface area (TPSA) is 159 Å². The molecule has 0 bridgehead atoms. The van der Waals surface area contributed by atoms with Crippen LogP contribution in [-0.4, -0.2) is 52.5 Å². The van der Waals surface area contributed by atoms with Crippen molar-refractivity contribution in [2.75, 3.05) is 30.0 Å². The van der Waals surface area contributed by atoms with E-state index in [2.05, 4.69) is 46.5 Å². The number of hydrogen-bond donors (Lipinski definition) is 2. The van der Waals surface area contributed by atoms with Gasteiger partial charge in [0.15, 0.2) is 9.84 Å². The number of thiophene rings is 1. The maximum atomic E-state index is 14.1. The Kier molecular flexibility index (Phi) is 7.72. The van der Waals surface area contributed by atoms with E-state index in [9.17, 15) is 8.42 Å². The van der Waals surface area contributed by atoms with Crippen molar-refractivity contribution in [2.45, 2.75) is 69.2 Å². The molecule has 2 aliphatic heterocycles. The Bertz CT molecular complexity index is 2090. The summed E-state index contributed by atoms with van der Waals surface area (Å²) in [4.78, 5) is 15.5. The first-order valence-corrected chi connectivity index (χ1v) is 18.8. The molecule has 1 fully saturated rings. The number of rotatable bonds is 8. The second kappa shape index (κ2) is 11.9. The van der Waals surface area contributed by atoms with E-state index in [1.165, 1.54) is 16.9 Å². The zero-order chi connectivity index (χ0) is 32.3. The minimum absolute atomic E-state index is 0.0171. The SMILES string of the molecule is CC(C)C1CS(=O)(=O)c2c1nc(CCC1CCOCC1)c(-c1nnc(N)o1)c2-c1cc2ccnc(N[C@H]3CCc4ncccc43)c2s1. The molecule has 2 atom stereocenters. The van der Waals surface area contributed by atoms with Gasteiger partial charge in [-0.3, -0.25) is 9.97 Å². The molecule has 3 N–H and O–H groups in total. The van der Waals surface area contributed by atoms with Gasteiger partial charge in [0, 0.05) is 47.7 Å². The molecular weight excluding hydrogens is 635 g/mol. The summed E-state index contributed by atoms with van der Waals surface area (Å²) < 4.78 is 40.7. The highest BCUT2D eigenvalue weighted by Crippen LogP contribution is 2.51. The lowest BCUT2D eigenvalue weighted by molar-refractivity contribution is 0.0639. The summed E-state index contributed by atoms with van der Waals surface area (Å²) in [5.74, 6) is 1.32. The fraction of sp³-hybridized carbons (Fsp3) is 0.441. The van der Waals surface area contributed by atoms with Crippen LogP contribution < -0.4 is 11.1 Å². The quantitative estimate of drug-likeness (QED) is 0.189. The number of fused-ring (bicyclic) bond motifs is 3. The van der Waals surface area contributed by atoms with Crippen molar-refractivity contribution in [3.8, 4) is 21.9 Å². The van der Waals surface area contributed by atoms with E-state index >= 15 is 0 Å². The predicted octanol–water partition coefficient (Wildman–Crippen LogP) is 6.37. The summed E-state index contributed by atoms with van der Waals surface area (Å²) in [5, 5.41) is 12.9. The normalized spacial score (nSPS) is 20.6. The molecule has 0 radical (unpaired) electrons. The summed E-state index contributed by atoms with van der Waals surface area (Å²) >= 11 is 1.52. The molecule has 11 nitrogen and oxygen atoms in total. The van der Waals surface area contributed by atoms with Crippen LogP contribution in [0.25, 0.3) is 32.0 Å². The van der Waals surface area contributed by atoms with E-state index in [0.717, 1.165) is 77.5 Å². The molecule has 244 valence electrons. The van der Waals surface area contributed by atoms with Crippen molar-refractivity contribution >= 4 is 43.1 Å². The molecule has 0 amide bonds. The fourth-order valence-electron chi connectivity index (χ4n) is 7.39. The number of ether oxygens (including phenoxy) is 1. The molecule has 8 rings (SSSR count). The maximum absolute atomic E-state index is 14.1. The third-order valence-electron chi connectivity index (χ3n) is 9.87. The van der Waals surface area contributed by atoms with Gasteiger partial charge in [0.2, 0.25) is 0 Å². The third-order valence-corrected chi connectivity index (χ3v) is 12.9.